The van der Waals surface area contributed by atoms with E-state index in [-0.39, 0.29) is 11.5 Å². The van der Waals surface area contributed by atoms with Crippen LogP contribution in [0.3, 0.4) is 0 Å². The second kappa shape index (κ2) is 5.50. The van der Waals surface area contributed by atoms with Crippen molar-refractivity contribution < 1.29 is 9.47 Å². The molecule has 4 heteroatoms. The van der Waals surface area contributed by atoms with Crippen molar-refractivity contribution in [1.82, 2.24) is 5.32 Å². The molecular weight excluding hydrogens is 240 g/mol. The normalized spacial score (nSPS) is 18.0. The zero-order valence-corrected chi connectivity index (χ0v) is 11.7. The summed E-state index contributed by atoms with van der Waals surface area (Å²) in [6, 6.07) is 8.18. The first-order valence-electron chi connectivity index (χ1n) is 6.51. The van der Waals surface area contributed by atoms with Gasteiger partial charge < -0.3 is 14.8 Å². The first-order valence-corrected chi connectivity index (χ1v) is 6.51. The van der Waals surface area contributed by atoms with Gasteiger partial charge >= 0.3 is 0 Å². The third-order valence-corrected chi connectivity index (χ3v) is 4.06. The van der Waals surface area contributed by atoms with Gasteiger partial charge in [-0.3, -0.25) is 0 Å². The molecule has 0 bridgehead atoms. The highest BCUT2D eigenvalue weighted by molar-refractivity contribution is 5.44. The minimum absolute atomic E-state index is 0.0312. The number of benzene rings is 1. The van der Waals surface area contributed by atoms with Crippen molar-refractivity contribution in [3.8, 4) is 17.6 Å². The Bertz CT molecular complexity index is 489. The van der Waals surface area contributed by atoms with Crippen LogP contribution in [-0.4, -0.2) is 21.3 Å². The molecule has 4 nitrogen and oxygen atoms in total. The maximum absolute atomic E-state index is 9.53. The predicted octanol–water partition coefficient (Wildman–Crippen LogP) is 2.66. The summed E-state index contributed by atoms with van der Waals surface area (Å²) in [6.07, 6.45) is 2.96. The van der Waals surface area contributed by atoms with Crippen molar-refractivity contribution in [1.29, 1.82) is 5.26 Å². The Balaban J connectivity index is 2.45. The molecule has 1 aliphatic carbocycles. The van der Waals surface area contributed by atoms with Crippen molar-refractivity contribution >= 4 is 0 Å². The van der Waals surface area contributed by atoms with Gasteiger partial charge in [-0.1, -0.05) is 6.42 Å². The lowest BCUT2D eigenvalue weighted by atomic mass is 9.63. The molecule has 0 radical (unpaired) electrons. The van der Waals surface area contributed by atoms with Crippen LogP contribution in [0.15, 0.2) is 18.2 Å². The number of hydrogen-bond acceptors (Lipinski definition) is 4. The summed E-state index contributed by atoms with van der Waals surface area (Å²) in [5.41, 5.74) is 0.666. The minimum atomic E-state index is -0.325. The van der Waals surface area contributed by atoms with Gasteiger partial charge in [0.15, 0.2) is 0 Å². The van der Waals surface area contributed by atoms with Gasteiger partial charge in [-0.25, -0.2) is 0 Å². The van der Waals surface area contributed by atoms with Crippen LogP contribution in [0.1, 0.15) is 30.9 Å². The molecule has 2 rings (SSSR count). The fraction of sp³-hybridized carbons (Fsp3) is 0.533. The molecule has 1 N–H and O–H groups in total. The van der Waals surface area contributed by atoms with E-state index in [9.17, 15) is 5.26 Å². The second-order valence-electron chi connectivity index (χ2n) is 4.95. The summed E-state index contributed by atoms with van der Waals surface area (Å²) in [5.74, 6) is 1.57. The van der Waals surface area contributed by atoms with E-state index in [2.05, 4.69) is 11.4 Å². The van der Waals surface area contributed by atoms with Crippen LogP contribution < -0.4 is 14.8 Å². The van der Waals surface area contributed by atoms with Crippen molar-refractivity contribution in [2.45, 2.75) is 25.3 Å². The van der Waals surface area contributed by atoms with Gasteiger partial charge in [0, 0.05) is 5.56 Å². The van der Waals surface area contributed by atoms with Gasteiger partial charge in [0.2, 0.25) is 0 Å². The average molecular weight is 260 g/mol. The average Bonchev–Trinajstić information content (AvgIpc) is 2.42. The molecule has 1 unspecified atom stereocenters. The smallest absolute Gasteiger partial charge is 0.123 e. The lowest BCUT2D eigenvalue weighted by molar-refractivity contribution is 0.146. The molecule has 1 aromatic carbocycles. The molecule has 0 saturated heterocycles. The number of methoxy groups -OCH3 is 2. The molecule has 19 heavy (non-hydrogen) atoms. The van der Waals surface area contributed by atoms with Gasteiger partial charge in [0.1, 0.15) is 11.5 Å². The van der Waals surface area contributed by atoms with Crippen LogP contribution in [0.2, 0.25) is 0 Å². The van der Waals surface area contributed by atoms with E-state index in [1.165, 1.54) is 0 Å². The van der Waals surface area contributed by atoms with Crippen molar-refractivity contribution in [3.05, 3.63) is 23.8 Å². The van der Waals surface area contributed by atoms with Gasteiger partial charge in [0.05, 0.1) is 31.7 Å². The third-order valence-electron chi connectivity index (χ3n) is 4.06. The molecule has 0 aromatic heterocycles. The van der Waals surface area contributed by atoms with Crippen LogP contribution in [-0.2, 0) is 0 Å². The van der Waals surface area contributed by atoms with E-state index >= 15 is 0 Å². The van der Waals surface area contributed by atoms with Gasteiger partial charge in [0.25, 0.3) is 0 Å². The summed E-state index contributed by atoms with van der Waals surface area (Å²) < 4.78 is 10.7. The van der Waals surface area contributed by atoms with E-state index < -0.39 is 0 Å². The third kappa shape index (κ3) is 2.26. The lowest BCUT2D eigenvalue weighted by Gasteiger charge is -2.42. The topological polar surface area (TPSA) is 54.3 Å². The molecule has 1 saturated carbocycles. The lowest BCUT2D eigenvalue weighted by Crippen LogP contribution is -2.41. The Kier molecular flexibility index (Phi) is 3.96. The predicted molar refractivity (Wildman–Crippen MR) is 73.2 cm³/mol. The Morgan fingerprint density at radius 1 is 1.32 bits per heavy atom. The Morgan fingerprint density at radius 2 is 2.05 bits per heavy atom. The highest BCUT2D eigenvalue weighted by atomic mass is 16.5. The van der Waals surface area contributed by atoms with E-state index in [4.69, 9.17) is 9.47 Å². The highest BCUT2D eigenvalue weighted by Gasteiger charge is 2.45. The Labute approximate surface area is 114 Å². The van der Waals surface area contributed by atoms with Crippen molar-refractivity contribution in [3.63, 3.8) is 0 Å². The number of ether oxygens (including phenoxy) is 2. The first-order chi connectivity index (χ1) is 9.20. The van der Waals surface area contributed by atoms with Crippen LogP contribution in [0.5, 0.6) is 11.5 Å². The molecule has 1 aliphatic rings. The molecule has 1 atom stereocenters. The quantitative estimate of drug-likeness (QED) is 0.884. The summed E-state index contributed by atoms with van der Waals surface area (Å²) in [5, 5.41) is 12.8. The van der Waals surface area contributed by atoms with E-state index in [1.54, 1.807) is 14.2 Å². The molecular formula is C15H20N2O2. The largest absolute Gasteiger partial charge is 0.497 e. The second-order valence-corrected chi connectivity index (χ2v) is 4.95. The summed E-state index contributed by atoms with van der Waals surface area (Å²) in [6.45, 7) is 0. The molecule has 1 fully saturated rings. The van der Waals surface area contributed by atoms with Crippen LogP contribution in [0.4, 0.5) is 0 Å². The van der Waals surface area contributed by atoms with E-state index in [0.717, 1.165) is 36.3 Å². The highest BCUT2D eigenvalue weighted by Crippen LogP contribution is 2.51. The van der Waals surface area contributed by atoms with Gasteiger partial charge in [-0.05, 0) is 38.1 Å². The van der Waals surface area contributed by atoms with Crippen molar-refractivity contribution in [2.24, 2.45) is 5.41 Å². The SMILES string of the molecule is CNC(c1cc(OC)ccc1OC)C1(C#N)CCC1. The summed E-state index contributed by atoms with van der Waals surface area (Å²) in [7, 11) is 5.18. The molecule has 0 heterocycles. The van der Waals surface area contributed by atoms with Crippen LogP contribution in [0.25, 0.3) is 0 Å². The number of rotatable bonds is 5. The number of nitrogens with one attached hydrogen (secondary N) is 1. The monoisotopic (exact) mass is 260 g/mol. The van der Waals surface area contributed by atoms with Crippen LogP contribution >= 0.6 is 0 Å². The van der Waals surface area contributed by atoms with E-state index in [1.807, 2.05) is 25.2 Å². The fourth-order valence-electron chi connectivity index (χ4n) is 2.82. The Hall–Kier alpha value is -1.73. The number of hydrogen-bond donors (Lipinski definition) is 1. The summed E-state index contributed by atoms with van der Waals surface area (Å²) >= 11 is 0. The molecule has 0 aliphatic heterocycles. The van der Waals surface area contributed by atoms with Crippen molar-refractivity contribution in [2.75, 3.05) is 21.3 Å². The molecule has 0 amide bonds. The number of nitrogens with zero attached hydrogens (tertiary/aromatic N) is 1. The van der Waals surface area contributed by atoms with E-state index in [0.29, 0.717) is 0 Å². The first kappa shape index (κ1) is 13.7. The van der Waals surface area contributed by atoms with Crippen LogP contribution in [0, 0.1) is 16.7 Å². The fourth-order valence-corrected chi connectivity index (χ4v) is 2.82. The minimum Gasteiger partial charge on any atom is -0.497 e. The standard InChI is InChI=1S/C15H20N2O2/c1-17-14(15(10-16)7-4-8-15)12-9-11(18-2)5-6-13(12)19-3/h5-6,9,14,17H,4,7-8H2,1-3H3. The Morgan fingerprint density at radius 3 is 2.47 bits per heavy atom. The molecule has 1 aromatic rings. The maximum Gasteiger partial charge on any atom is 0.123 e. The number of nitriles is 1. The zero-order valence-electron chi connectivity index (χ0n) is 11.7. The summed E-state index contributed by atoms with van der Waals surface area (Å²) in [4.78, 5) is 0. The molecule has 102 valence electrons. The maximum atomic E-state index is 9.53. The molecule has 0 spiro atoms. The van der Waals surface area contributed by atoms with Gasteiger partial charge in [-0.15, -0.1) is 0 Å². The van der Waals surface area contributed by atoms with Gasteiger partial charge in [-0.2, -0.15) is 5.26 Å². The zero-order chi connectivity index (χ0) is 13.9.